The lowest BCUT2D eigenvalue weighted by molar-refractivity contribution is -0.126. The normalized spacial score (nSPS) is 15.0. The number of aryl methyl sites for hydroxylation is 1. The number of amides is 2. The van der Waals surface area contributed by atoms with Crippen LogP contribution in [0.1, 0.15) is 34.0 Å². The first-order valence-electron chi connectivity index (χ1n) is 9.22. The summed E-state index contributed by atoms with van der Waals surface area (Å²) in [6.07, 6.45) is 2.94. The molecule has 1 N–H and O–H groups in total. The Morgan fingerprint density at radius 2 is 2.11 bits per heavy atom. The molecule has 1 aliphatic rings. The average molecular weight is 416 g/mol. The fraction of sp³-hybridized carbons (Fsp3) is 0.350. The van der Waals surface area contributed by atoms with Crippen molar-refractivity contribution in [3.05, 3.63) is 52.2 Å². The van der Waals surface area contributed by atoms with E-state index in [9.17, 15) is 9.59 Å². The number of furan rings is 1. The number of thiophene rings is 1. The Morgan fingerprint density at radius 1 is 1.29 bits per heavy atom. The minimum absolute atomic E-state index is 0.0206. The number of piperidine rings is 1. The monoisotopic (exact) mass is 415 g/mol. The smallest absolute Gasteiger partial charge is 0.265 e. The lowest BCUT2D eigenvalue weighted by Gasteiger charge is -2.31. The van der Waals surface area contributed by atoms with Crippen molar-refractivity contribution >= 4 is 34.5 Å². The third-order valence-electron chi connectivity index (χ3n) is 4.89. The number of nitrogens with one attached hydrogen (secondary N) is 1. The van der Waals surface area contributed by atoms with Crippen molar-refractivity contribution in [1.29, 1.82) is 0 Å². The van der Waals surface area contributed by atoms with Crippen LogP contribution in [0.5, 0.6) is 0 Å². The first-order valence-corrected chi connectivity index (χ1v) is 10.9. The molecule has 0 aromatic carbocycles. The van der Waals surface area contributed by atoms with Crippen LogP contribution in [0.15, 0.2) is 40.3 Å². The number of hydrogen-bond donors (Lipinski definition) is 1. The quantitative estimate of drug-likeness (QED) is 0.685. The van der Waals surface area contributed by atoms with E-state index in [0.29, 0.717) is 37.4 Å². The molecule has 2 amide bonds. The Hall–Kier alpha value is -2.45. The van der Waals surface area contributed by atoms with Gasteiger partial charge in [-0.15, -0.1) is 22.7 Å². The summed E-state index contributed by atoms with van der Waals surface area (Å²) in [4.78, 5) is 33.5. The molecular weight excluding hydrogens is 394 g/mol. The zero-order valence-corrected chi connectivity index (χ0v) is 17.1. The zero-order chi connectivity index (χ0) is 19.5. The van der Waals surface area contributed by atoms with Gasteiger partial charge < -0.3 is 14.6 Å². The van der Waals surface area contributed by atoms with Crippen molar-refractivity contribution in [2.24, 2.45) is 5.92 Å². The fourth-order valence-corrected chi connectivity index (χ4v) is 5.15. The molecule has 0 bridgehead atoms. The van der Waals surface area contributed by atoms with Crippen LogP contribution in [-0.4, -0.2) is 34.8 Å². The van der Waals surface area contributed by atoms with Gasteiger partial charge in [-0.05, 0) is 43.3 Å². The number of likely N-dealkylation sites (tertiary alicyclic amines) is 1. The second-order valence-corrected chi connectivity index (χ2v) is 8.72. The summed E-state index contributed by atoms with van der Waals surface area (Å²) < 4.78 is 5.24. The van der Waals surface area contributed by atoms with E-state index in [2.05, 4.69) is 10.3 Å². The highest BCUT2D eigenvalue weighted by Crippen LogP contribution is 2.32. The summed E-state index contributed by atoms with van der Waals surface area (Å²) in [6, 6.07) is 7.64. The molecule has 146 valence electrons. The van der Waals surface area contributed by atoms with Gasteiger partial charge in [0.25, 0.3) is 5.91 Å². The topological polar surface area (TPSA) is 75.4 Å². The molecule has 28 heavy (non-hydrogen) atoms. The molecule has 1 aliphatic heterocycles. The standard InChI is InChI=1S/C20H21N3O3S2/c1-13-17(28-19(22-13)16-5-3-11-27-16)20(25)23-8-6-14(7-9-23)18(24)21-12-15-4-2-10-26-15/h2-5,10-11,14H,6-9,12H2,1H3,(H,21,24). The maximum atomic E-state index is 12.9. The van der Waals surface area contributed by atoms with Gasteiger partial charge in [-0.3, -0.25) is 9.59 Å². The maximum absolute atomic E-state index is 12.9. The molecule has 0 radical (unpaired) electrons. The summed E-state index contributed by atoms with van der Waals surface area (Å²) in [5, 5.41) is 5.82. The average Bonchev–Trinajstić information content (AvgIpc) is 3.47. The van der Waals surface area contributed by atoms with Crippen molar-refractivity contribution < 1.29 is 14.0 Å². The van der Waals surface area contributed by atoms with Crippen molar-refractivity contribution in [2.45, 2.75) is 26.3 Å². The van der Waals surface area contributed by atoms with Crippen LogP contribution >= 0.6 is 22.7 Å². The molecule has 8 heteroatoms. The second-order valence-electron chi connectivity index (χ2n) is 6.77. The molecule has 1 fully saturated rings. The van der Waals surface area contributed by atoms with Crippen LogP contribution in [0.4, 0.5) is 0 Å². The van der Waals surface area contributed by atoms with Gasteiger partial charge in [-0.2, -0.15) is 0 Å². The van der Waals surface area contributed by atoms with E-state index in [1.165, 1.54) is 11.3 Å². The van der Waals surface area contributed by atoms with Gasteiger partial charge in [0.15, 0.2) is 0 Å². The number of hydrogen-bond acceptors (Lipinski definition) is 6. The van der Waals surface area contributed by atoms with Crippen molar-refractivity contribution in [3.8, 4) is 9.88 Å². The Morgan fingerprint density at radius 3 is 2.79 bits per heavy atom. The number of carbonyl (C=O) groups is 2. The Labute approximate surface area is 171 Å². The molecule has 0 atom stereocenters. The van der Waals surface area contributed by atoms with Gasteiger partial charge in [-0.1, -0.05) is 6.07 Å². The van der Waals surface area contributed by atoms with E-state index >= 15 is 0 Å². The molecule has 4 heterocycles. The summed E-state index contributed by atoms with van der Waals surface area (Å²) in [6.45, 7) is 3.46. The lowest BCUT2D eigenvalue weighted by Crippen LogP contribution is -2.42. The molecule has 0 unspecified atom stereocenters. The lowest BCUT2D eigenvalue weighted by atomic mass is 9.95. The van der Waals surface area contributed by atoms with Crippen LogP contribution in [0.3, 0.4) is 0 Å². The van der Waals surface area contributed by atoms with E-state index in [1.54, 1.807) is 23.7 Å². The molecule has 1 saturated heterocycles. The van der Waals surface area contributed by atoms with Crippen LogP contribution in [0, 0.1) is 12.8 Å². The van der Waals surface area contributed by atoms with Gasteiger partial charge in [0.1, 0.15) is 15.6 Å². The minimum Gasteiger partial charge on any atom is -0.467 e. The summed E-state index contributed by atoms with van der Waals surface area (Å²) >= 11 is 3.08. The number of nitrogens with zero attached hydrogens (tertiary/aromatic N) is 2. The zero-order valence-electron chi connectivity index (χ0n) is 15.5. The summed E-state index contributed by atoms with van der Waals surface area (Å²) in [7, 11) is 0. The van der Waals surface area contributed by atoms with Gasteiger partial charge in [-0.25, -0.2) is 4.98 Å². The number of aromatic nitrogens is 1. The van der Waals surface area contributed by atoms with E-state index in [0.717, 1.165) is 21.3 Å². The molecule has 4 rings (SSSR count). The molecule has 3 aromatic heterocycles. The van der Waals surface area contributed by atoms with E-state index in [1.807, 2.05) is 35.4 Å². The van der Waals surface area contributed by atoms with Gasteiger partial charge >= 0.3 is 0 Å². The third kappa shape index (κ3) is 4.02. The van der Waals surface area contributed by atoms with Crippen molar-refractivity contribution in [3.63, 3.8) is 0 Å². The molecule has 3 aromatic rings. The highest BCUT2D eigenvalue weighted by atomic mass is 32.1. The van der Waals surface area contributed by atoms with Gasteiger partial charge in [0.05, 0.1) is 23.4 Å². The summed E-state index contributed by atoms with van der Waals surface area (Å²) in [5.41, 5.74) is 0.775. The minimum atomic E-state index is -0.0664. The second kappa shape index (κ2) is 8.28. The van der Waals surface area contributed by atoms with Crippen LogP contribution in [0.25, 0.3) is 9.88 Å². The van der Waals surface area contributed by atoms with Crippen molar-refractivity contribution in [1.82, 2.24) is 15.2 Å². The van der Waals surface area contributed by atoms with Crippen LogP contribution in [-0.2, 0) is 11.3 Å². The third-order valence-corrected chi connectivity index (χ3v) is 7.08. The maximum Gasteiger partial charge on any atom is 0.265 e. The van der Waals surface area contributed by atoms with Gasteiger partial charge in [0, 0.05) is 19.0 Å². The van der Waals surface area contributed by atoms with Crippen molar-refractivity contribution in [2.75, 3.05) is 13.1 Å². The Bertz CT molecular complexity index is 940. The van der Waals surface area contributed by atoms with E-state index in [4.69, 9.17) is 4.42 Å². The highest BCUT2D eigenvalue weighted by Gasteiger charge is 2.29. The predicted octanol–water partition coefficient (Wildman–Crippen LogP) is 3.94. The van der Waals surface area contributed by atoms with E-state index in [-0.39, 0.29) is 17.7 Å². The van der Waals surface area contributed by atoms with Gasteiger partial charge in [0.2, 0.25) is 5.91 Å². The predicted molar refractivity (Wildman–Crippen MR) is 109 cm³/mol. The molecular formula is C20H21N3O3S2. The highest BCUT2D eigenvalue weighted by molar-refractivity contribution is 7.22. The number of rotatable bonds is 5. The molecule has 0 aliphatic carbocycles. The number of carbonyl (C=O) groups excluding carboxylic acids is 2. The molecule has 0 saturated carbocycles. The SMILES string of the molecule is Cc1nc(-c2cccs2)sc1C(=O)N1CCC(C(=O)NCc2ccco2)CC1. The Kier molecular flexibility index (Phi) is 5.59. The largest absolute Gasteiger partial charge is 0.467 e. The van der Waals surface area contributed by atoms with Crippen LogP contribution in [0.2, 0.25) is 0 Å². The Balaban J connectivity index is 1.33. The first-order chi connectivity index (χ1) is 13.6. The first kappa shape index (κ1) is 18.9. The number of thiazole rings is 1. The fourth-order valence-electron chi connectivity index (χ4n) is 3.32. The molecule has 6 nitrogen and oxygen atoms in total. The van der Waals surface area contributed by atoms with E-state index < -0.39 is 0 Å². The molecule has 0 spiro atoms. The van der Waals surface area contributed by atoms with Crippen LogP contribution < -0.4 is 5.32 Å². The summed E-state index contributed by atoms with van der Waals surface area (Å²) in [5.74, 6) is 0.719.